The van der Waals surface area contributed by atoms with Crippen molar-refractivity contribution in [2.24, 2.45) is 5.10 Å². The summed E-state index contributed by atoms with van der Waals surface area (Å²) in [5.74, 6) is -0.339. The Morgan fingerprint density at radius 2 is 1.89 bits per heavy atom. The molecule has 1 fully saturated rings. The predicted octanol–water partition coefficient (Wildman–Crippen LogP) is 3.03. The van der Waals surface area contributed by atoms with Crippen LogP contribution in [0.25, 0.3) is 0 Å². The van der Waals surface area contributed by atoms with E-state index in [2.05, 4.69) is 10.1 Å². The lowest BCUT2D eigenvalue weighted by atomic mass is 10.0. The summed E-state index contributed by atoms with van der Waals surface area (Å²) in [7, 11) is -4.05. The number of fused-ring (bicyclic) bond motifs is 1. The minimum atomic E-state index is -4.05. The van der Waals surface area contributed by atoms with E-state index in [1.165, 1.54) is 17.3 Å². The van der Waals surface area contributed by atoms with Gasteiger partial charge in [-0.2, -0.15) is 0 Å². The molecular weight excluding hydrogens is 376 g/mol. The third-order valence-electron chi connectivity index (χ3n) is 5.21. The van der Waals surface area contributed by atoms with E-state index >= 15 is 0 Å². The van der Waals surface area contributed by atoms with E-state index in [1.54, 1.807) is 11.0 Å². The molecule has 2 aromatic rings. The van der Waals surface area contributed by atoms with E-state index in [1.807, 2.05) is 38.1 Å². The Labute approximate surface area is 164 Å². The maximum atomic E-state index is 13.2. The fourth-order valence-electron chi connectivity index (χ4n) is 3.59. The number of carbonyl (C=O) groups is 1. The van der Waals surface area contributed by atoms with Crippen LogP contribution in [0.3, 0.4) is 0 Å². The van der Waals surface area contributed by atoms with Gasteiger partial charge in [0.1, 0.15) is 4.90 Å². The summed E-state index contributed by atoms with van der Waals surface area (Å²) in [6, 6.07) is 10.5. The number of likely N-dealkylation sites (tertiary alicyclic amines) is 1. The van der Waals surface area contributed by atoms with E-state index < -0.39 is 20.8 Å². The number of pyridine rings is 1. The van der Waals surface area contributed by atoms with Crippen molar-refractivity contribution in [3.63, 3.8) is 0 Å². The average Bonchev–Trinajstić information content (AvgIpc) is 2.69. The first-order valence-electron chi connectivity index (χ1n) is 9.36. The number of hydrazone groups is 1. The summed E-state index contributed by atoms with van der Waals surface area (Å²) in [5, 5.41) is 5.29. The smallest absolute Gasteiger partial charge is 0.286 e. The zero-order chi connectivity index (χ0) is 19.9. The highest BCUT2D eigenvalue weighted by atomic mass is 32.2. The standard InChI is InChI=1S/C20H22N4O3S/c1-14-8-10-16(11-9-14)24-18-17(7-5-12-21-18)28(26,27)19(22-24)20(25)23-13-4-3-6-15(23)2/h5,7-12,15H,3-4,6,13H2,1-2H3/t15-/m0/s1. The van der Waals surface area contributed by atoms with E-state index in [9.17, 15) is 13.2 Å². The molecule has 2 aliphatic heterocycles. The Morgan fingerprint density at radius 1 is 1.14 bits per heavy atom. The van der Waals surface area contributed by atoms with Crippen LogP contribution >= 0.6 is 0 Å². The van der Waals surface area contributed by atoms with Gasteiger partial charge in [0.25, 0.3) is 5.91 Å². The monoisotopic (exact) mass is 398 g/mol. The molecule has 0 spiro atoms. The van der Waals surface area contributed by atoms with Crippen molar-refractivity contribution >= 4 is 32.3 Å². The summed E-state index contributed by atoms with van der Waals surface area (Å²) >= 11 is 0. The molecule has 28 heavy (non-hydrogen) atoms. The number of hydrogen-bond donors (Lipinski definition) is 0. The van der Waals surface area contributed by atoms with Gasteiger partial charge < -0.3 is 4.90 Å². The van der Waals surface area contributed by atoms with Crippen molar-refractivity contribution in [1.29, 1.82) is 0 Å². The molecule has 4 rings (SSSR count). The molecule has 0 bridgehead atoms. The zero-order valence-corrected chi connectivity index (χ0v) is 16.7. The number of amides is 1. The van der Waals surface area contributed by atoms with Gasteiger partial charge >= 0.3 is 0 Å². The Bertz CT molecular complexity index is 1050. The van der Waals surface area contributed by atoms with Gasteiger partial charge in [0.2, 0.25) is 14.9 Å². The SMILES string of the molecule is Cc1ccc(N2N=C(C(=O)N3CCCC[C@@H]3C)S(=O)(=O)c3cccnc32)cc1. The van der Waals surface area contributed by atoms with Gasteiger partial charge in [-0.15, -0.1) is 5.10 Å². The number of sulfone groups is 1. The summed E-state index contributed by atoms with van der Waals surface area (Å²) in [4.78, 5) is 19.0. The van der Waals surface area contributed by atoms with Crippen molar-refractivity contribution < 1.29 is 13.2 Å². The molecule has 146 valence electrons. The normalized spacial score (nSPS) is 21.1. The van der Waals surface area contributed by atoms with Gasteiger partial charge in [0, 0.05) is 18.8 Å². The van der Waals surface area contributed by atoms with Crippen molar-refractivity contribution in [2.75, 3.05) is 11.6 Å². The molecule has 0 radical (unpaired) electrons. The number of nitrogens with zero attached hydrogens (tertiary/aromatic N) is 4. The Kier molecular flexibility index (Phi) is 4.66. The number of aromatic nitrogens is 1. The Morgan fingerprint density at radius 3 is 2.61 bits per heavy atom. The number of carbonyl (C=O) groups excluding carboxylic acids is 1. The van der Waals surface area contributed by atoms with Crippen LogP contribution in [0.1, 0.15) is 31.7 Å². The molecule has 7 nitrogen and oxygen atoms in total. The van der Waals surface area contributed by atoms with Crippen molar-refractivity contribution in [2.45, 2.75) is 44.0 Å². The second-order valence-corrected chi connectivity index (χ2v) is 9.06. The zero-order valence-electron chi connectivity index (χ0n) is 15.9. The maximum absolute atomic E-state index is 13.2. The number of piperidine rings is 1. The van der Waals surface area contributed by atoms with Gasteiger partial charge in [-0.3, -0.25) is 4.79 Å². The third kappa shape index (κ3) is 3.07. The van der Waals surface area contributed by atoms with Crippen LogP contribution in [0.5, 0.6) is 0 Å². The first-order chi connectivity index (χ1) is 13.4. The number of benzene rings is 1. The molecule has 0 saturated carbocycles. The number of rotatable bonds is 2. The van der Waals surface area contributed by atoms with Gasteiger partial charge in [0.15, 0.2) is 5.82 Å². The number of anilines is 2. The molecule has 3 heterocycles. The van der Waals surface area contributed by atoms with E-state index in [4.69, 9.17) is 0 Å². The first-order valence-corrected chi connectivity index (χ1v) is 10.8. The first kappa shape index (κ1) is 18.6. The lowest BCUT2D eigenvalue weighted by Crippen LogP contribution is -2.48. The van der Waals surface area contributed by atoms with Crippen LogP contribution < -0.4 is 5.01 Å². The van der Waals surface area contributed by atoms with Crippen LogP contribution in [-0.4, -0.2) is 41.8 Å². The lowest BCUT2D eigenvalue weighted by Gasteiger charge is -2.34. The maximum Gasteiger partial charge on any atom is 0.286 e. The fraction of sp³-hybridized carbons (Fsp3) is 0.350. The van der Waals surface area contributed by atoms with Crippen LogP contribution in [0, 0.1) is 6.92 Å². The topological polar surface area (TPSA) is 82.9 Å². The largest absolute Gasteiger partial charge is 0.334 e. The van der Waals surface area contributed by atoms with Gasteiger partial charge in [-0.05, 0) is 57.4 Å². The predicted molar refractivity (Wildman–Crippen MR) is 107 cm³/mol. The minimum Gasteiger partial charge on any atom is -0.334 e. The number of aryl methyl sites for hydroxylation is 1. The molecule has 0 aliphatic carbocycles. The summed E-state index contributed by atoms with van der Waals surface area (Å²) in [6.07, 6.45) is 4.28. The molecule has 8 heteroatoms. The number of hydrogen-bond acceptors (Lipinski definition) is 6. The van der Waals surface area contributed by atoms with E-state index in [0.29, 0.717) is 12.2 Å². The second-order valence-electron chi connectivity index (χ2n) is 7.22. The highest BCUT2D eigenvalue weighted by molar-refractivity contribution is 8.08. The molecule has 0 N–H and O–H groups in total. The highest BCUT2D eigenvalue weighted by Crippen LogP contribution is 2.35. The van der Waals surface area contributed by atoms with Crippen molar-refractivity contribution in [3.05, 3.63) is 48.2 Å². The summed E-state index contributed by atoms with van der Waals surface area (Å²) in [6.45, 7) is 4.45. The quantitative estimate of drug-likeness (QED) is 0.776. The van der Waals surface area contributed by atoms with Gasteiger partial charge in [-0.1, -0.05) is 17.7 Å². The molecule has 1 amide bonds. The minimum absolute atomic E-state index is 0.00131. The molecular formula is C20H22N4O3S. The Hall–Kier alpha value is -2.74. The van der Waals surface area contributed by atoms with Crippen molar-refractivity contribution in [1.82, 2.24) is 9.88 Å². The van der Waals surface area contributed by atoms with Crippen LogP contribution in [0.15, 0.2) is 52.6 Å². The molecule has 1 atom stereocenters. The lowest BCUT2D eigenvalue weighted by molar-refractivity contribution is -0.126. The van der Waals surface area contributed by atoms with Crippen LogP contribution in [0.4, 0.5) is 11.5 Å². The van der Waals surface area contributed by atoms with E-state index in [0.717, 1.165) is 24.8 Å². The van der Waals surface area contributed by atoms with E-state index in [-0.39, 0.29) is 16.8 Å². The summed E-state index contributed by atoms with van der Waals surface area (Å²) in [5.41, 5.74) is 1.72. The fourth-order valence-corrected chi connectivity index (χ4v) is 4.98. The third-order valence-corrected chi connectivity index (χ3v) is 6.87. The van der Waals surface area contributed by atoms with Gasteiger partial charge in [0.05, 0.1) is 5.69 Å². The van der Waals surface area contributed by atoms with Gasteiger partial charge in [-0.25, -0.2) is 18.4 Å². The molecule has 1 aromatic carbocycles. The molecule has 2 aliphatic rings. The summed E-state index contributed by atoms with van der Waals surface area (Å²) < 4.78 is 26.4. The molecule has 1 saturated heterocycles. The second kappa shape index (κ2) is 7.01. The van der Waals surface area contributed by atoms with Crippen LogP contribution in [0.2, 0.25) is 0 Å². The average molecular weight is 398 g/mol. The molecule has 1 aromatic heterocycles. The Balaban J connectivity index is 1.85. The van der Waals surface area contributed by atoms with Crippen LogP contribution in [-0.2, 0) is 14.6 Å². The van der Waals surface area contributed by atoms with Crippen molar-refractivity contribution in [3.8, 4) is 0 Å². The highest BCUT2D eigenvalue weighted by Gasteiger charge is 2.41. The molecule has 0 unspecified atom stereocenters.